The maximum absolute atomic E-state index is 13.2. The highest BCUT2D eigenvalue weighted by atomic mass is 16.5. The molecule has 0 saturated carbocycles. The van der Waals surface area contributed by atoms with Gasteiger partial charge in [-0.15, -0.1) is 0 Å². The van der Waals surface area contributed by atoms with Crippen LogP contribution in [0.5, 0.6) is 17.2 Å². The van der Waals surface area contributed by atoms with Crippen molar-refractivity contribution in [2.75, 3.05) is 0 Å². The van der Waals surface area contributed by atoms with E-state index in [0.29, 0.717) is 34.6 Å². The van der Waals surface area contributed by atoms with Gasteiger partial charge >= 0.3 is 0 Å². The summed E-state index contributed by atoms with van der Waals surface area (Å²) in [5.41, 5.74) is 0.0736. The quantitative estimate of drug-likeness (QED) is 0.791. The van der Waals surface area contributed by atoms with Gasteiger partial charge in [0.2, 0.25) is 5.78 Å². The molecule has 0 fully saturated rings. The van der Waals surface area contributed by atoms with Crippen molar-refractivity contribution in [3.8, 4) is 17.2 Å². The van der Waals surface area contributed by atoms with E-state index in [4.69, 9.17) is 9.47 Å². The smallest absolute Gasteiger partial charge is 0.200 e. The summed E-state index contributed by atoms with van der Waals surface area (Å²) in [7, 11) is 0. The van der Waals surface area contributed by atoms with Crippen molar-refractivity contribution >= 4 is 11.9 Å². The molecule has 2 aromatic rings. The number of fused-ring (bicyclic) bond motifs is 3. The van der Waals surface area contributed by atoms with E-state index in [9.17, 15) is 15.0 Å². The average molecular weight is 380 g/mol. The number of rotatable bonds is 3. The fraction of sp³-hybridized carbons (Fsp3) is 0.348. The van der Waals surface area contributed by atoms with Gasteiger partial charge in [-0.2, -0.15) is 0 Å². The molecule has 4 rings (SSSR count). The predicted molar refractivity (Wildman–Crippen MR) is 106 cm³/mol. The fourth-order valence-electron chi connectivity index (χ4n) is 3.64. The summed E-state index contributed by atoms with van der Waals surface area (Å²) in [6.07, 6.45) is 3.48. The maximum atomic E-state index is 13.2. The Labute approximate surface area is 164 Å². The van der Waals surface area contributed by atoms with Crippen LogP contribution in [0.25, 0.3) is 6.08 Å². The van der Waals surface area contributed by atoms with Crippen LogP contribution in [-0.4, -0.2) is 33.3 Å². The summed E-state index contributed by atoms with van der Waals surface area (Å²) in [4.78, 5) is 13.2. The number of aromatic hydroxyl groups is 1. The van der Waals surface area contributed by atoms with E-state index in [1.807, 2.05) is 26.0 Å². The number of carbonyl (C=O) groups excluding carboxylic acids is 1. The van der Waals surface area contributed by atoms with E-state index in [2.05, 4.69) is 0 Å². The van der Waals surface area contributed by atoms with Crippen LogP contribution in [0.4, 0.5) is 0 Å². The third-order valence-electron chi connectivity index (χ3n) is 5.23. The number of phenolic OH excluding ortho intramolecular Hbond substituents is 1. The lowest BCUT2D eigenvalue weighted by Gasteiger charge is -2.30. The zero-order chi connectivity index (χ0) is 20.3. The van der Waals surface area contributed by atoms with Gasteiger partial charge in [-0.05, 0) is 39.8 Å². The lowest BCUT2D eigenvalue weighted by atomic mass is 9.90. The van der Waals surface area contributed by atoms with Gasteiger partial charge in [0.1, 0.15) is 34.5 Å². The van der Waals surface area contributed by atoms with Crippen molar-refractivity contribution in [3.63, 3.8) is 0 Å². The van der Waals surface area contributed by atoms with Crippen molar-refractivity contribution in [1.29, 1.82) is 0 Å². The van der Waals surface area contributed by atoms with E-state index in [0.717, 1.165) is 0 Å². The average Bonchev–Trinajstić information content (AvgIpc) is 3.07. The van der Waals surface area contributed by atoms with E-state index >= 15 is 0 Å². The van der Waals surface area contributed by atoms with Crippen LogP contribution in [-0.2, 0) is 6.42 Å². The molecule has 5 nitrogen and oxygen atoms in total. The number of ether oxygens (including phenoxy) is 2. The molecule has 2 N–H and O–H groups in total. The summed E-state index contributed by atoms with van der Waals surface area (Å²) in [6, 6.07) is 8.77. The number of benzene rings is 2. The lowest BCUT2D eigenvalue weighted by molar-refractivity contribution is -0.0232. The SMILES string of the molecule is CC1(C)C=Cc2c(O)c(C(=O)c3ccccc3)c3c(c2O1)C[C@@H](C(C)(C)O)O3. The largest absolute Gasteiger partial charge is 0.506 e. The lowest BCUT2D eigenvalue weighted by Crippen LogP contribution is -2.39. The van der Waals surface area contributed by atoms with Gasteiger partial charge in [-0.25, -0.2) is 0 Å². The minimum Gasteiger partial charge on any atom is -0.506 e. The zero-order valence-corrected chi connectivity index (χ0v) is 16.4. The van der Waals surface area contributed by atoms with Crippen LogP contribution >= 0.6 is 0 Å². The highest BCUT2D eigenvalue weighted by Gasteiger charge is 2.42. The normalized spacial score (nSPS) is 19.4. The topological polar surface area (TPSA) is 76.0 Å². The first-order valence-corrected chi connectivity index (χ1v) is 9.37. The van der Waals surface area contributed by atoms with E-state index in [1.165, 1.54) is 0 Å². The highest BCUT2D eigenvalue weighted by Crippen LogP contribution is 2.51. The molecule has 2 aliphatic heterocycles. The molecule has 2 aliphatic rings. The molecule has 0 amide bonds. The van der Waals surface area contributed by atoms with Crippen LogP contribution < -0.4 is 9.47 Å². The number of hydrogen-bond acceptors (Lipinski definition) is 5. The Morgan fingerprint density at radius 1 is 1.18 bits per heavy atom. The van der Waals surface area contributed by atoms with Gasteiger partial charge in [0.05, 0.1) is 11.2 Å². The van der Waals surface area contributed by atoms with Crippen LogP contribution in [0.1, 0.15) is 54.7 Å². The van der Waals surface area contributed by atoms with Gasteiger partial charge in [-0.3, -0.25) is 4.79 Å². The van der Waals surface area contributed by atoms with Gasteiger partial charge in [0.25, 0.3) is 0 Å². The maximum Gasteiger partial charge on any atom is 0.200 e. The number of hydrogen-bond donors (Lipinski definition) is 2. The Morgan fingerprint density at radius 3 is 2.50 bits per heavy atom. The first-order valence-electron chi connectivity index (χ1n) is 9.37. The first-order chi connectivity index (χ1) is 13.1. The molecule has 0 radical (unpaired) electrons. The highest BCUT2D eigenvalue weighted by molar-refractivity contribution is 6.14. The van der Waals surface area contributed by atoms with E-state index < -0.39 is 17.3 Å². The first kappa shape index (κ1) is 18.6. The molecule has 0 spiro atoms. The molecule has 0 unspecified atom stereocenters. The Kier molecular flexibility index (Phi) is 4.05. The van der Waals surface area contributed by atoms with Crippen molar-refractivity contribution in [1.82, 2.24) is 0 Å². The third-order valence-corrected chi connectivity index (χ3v) is 5.23. The monoisotopic (exact) mass is 380 g/mol. The van der Waals surface area contributed by atoms with Crippen LogP contribution in [0.2, 0.25) is 0 Å². The molecule has 2 aromatic carbocycles. The minimum absolute atomic E-state index is 0.111. The summed E-state index contributed by atoms with van der Waals surface area (Å²) in [5, 5.41) is 21.5. The Bertz CT molecular complexity index is 981. The molecular weight excluding hydrogens is 356 g/mol. The van der Waals surface area contributed by atoms with Gasteiger partial charge < -0.3 is 19.7 Å². The predicted octanol–water partition coefficient (Wildman–Crippen LogP) is 3.88. The molecule has 0 aromatic heterocycles. The van der Waals surface area contributed by atoms with Crippen molar-refractivity contribution in [2.45, 2.75) is 51.4 Å². The van der Waals surface area contributed by atoms with Crippen LogP contribution in [0.15, 0.2) is 36.4 Å². The number of ketones is 1. The number of aliphatic hydroxyl groups is 1. The summed E-state index contributed by atoms with van der Waals surface area (Å²) in [5.74, 6) is 0.317. The molecule has 5 heteroatoms. The Hall–Kier alpha value is -2.79. The van der Waals surface area contributed by atoms with Crippen molar-refractivity contribution < 1.29 is 24.5 Å². The van der Waals surface area contributed by atoms with Crippen LogP contribution in [0, 0.1) is 0 Å². The summed E-state index contributed by atoms with van der Waals surface area (Å²) < 4.78 is 12.1. The molecule has 146 valence electrons. The second-order valence-corrected chi connectivity index (χ2v) is 8.47. The fourth-order valence-corrected chi connectivity index (χ4v) is 3.64. The van der Waals surface area contributed by atoms with Gasteiger partial charge in [0.15, 0.2) is 0 Å². The summed E-state index contributed by atoms with van der Waals surface area (Å²) >= 11 is 0. The third kappa shape index (κ3) is 2.96. The molecule has 2 heterocycles. The standard InChI is InChI=1S/C23H24O5/c1-22(2)11-10-14-19(25)17(18(24)13-8-6-5-7-9-13)21-15(20(14)28-22)12-16(27-21)23(3,4)26/h5-11,16,25-26H,12H2,1-4H3/t16-/m0/s1. The Balaban J connectivity index is 1.94. The minimum atomic E-state index is -1.12. The van der Waals surface area contributed by atoms with Crippen LogP contribution in [0.3, 0.4) is 0 Å². The van der Waals surface area contributed by atoms with Crippen molar-refractivity contribution in [3.05, 3.63) is 58.7 Å². The van der Waals surface area contributed by atoms with E-state index in [1.54, 1.807) is 44.2 Å². The number of phenols is 1. The molecule has 0 saturated heterocycles. The van der Waals surface area contributed by atoms with E-state index in [-0.39, 0.29) is 17.1 Å². The van der Waals surface area contributed by atoms with Gasteiger partial charge in [-0.1, -0.05) is 30.3 Å². The van der Waals surface area contributed by atoms with Crippen molar-refractivity contribution in [2.24, 2.45) is 0 Å². The molecule has 28 heavy (non-hydrogen) atoms. The molecule has 0 bridgehead atoms. The Morgan fingerprint density at radius 2 is 1.86 bits per heavy atom. The van der Waals surface area contributed by atoms with Gasteiger partial charge in [0, 0.05) is 17.5 Å². The second kappa shape index (κ2) is 6.11. The molecule has 1 atom stereocenters. The summed E-state index contributed by atoms with van der Waals surface area (Å²) in [6.45, 7) is 7.17. The molecule has 0 aliphatic carbocycles. The molecular formula is C23H24O5. The number of carbonyl (C=O) groups is 1. The zero-order valence-electron chi connectivity index (χ0n) is 16.4. The second-order valence-electron chi connectivity index (χ2n) is 8.47.